The Labute approximate surface area is 128 Å². The number of amides is 1. The van der Waals surface area contributed by atoms with E-state index in [1.54, 1.807) is 29.2 Å². The summed E-state index contributed by atoms with van der Waals surface area (Å²) in [6.07, 6.45) is 2.45. The van der Waals surface area contributed by atoms with Crippen molar-refractivity contribution >= 4 is 23.5 Å². The minimum atomic E-state index is -0.495. The minimum Gasteiger partial charge on any atom is -0.484 e. The smallest absolute Gasteiger partial charge is 0.328 e. The molecule has 1 amide bonds. The molecule has 1 atom stereocenters. The number of nitrogens with zero attached hydrogens (tertiary/aromatic N) is 1. The Hall–Kier alpha value is -1.75. The Morgan fingerprint density at radius 1 is 1.29 bits per heavy atom. The summed E-state index contributed by atoms with van der Waals surface area (Å²) in [6.45, 7) is 0.456. The lowest BCUT2D eigenvalue weighted by molar-refractivity contribution is -0.155. The molecule has 1 saturated heterocycles. The zero-order valence-corrected chi connectivity index (χ0v) is 12.6. The molecule has 5 nitrogen and oxygen atoms in total. The van der Waals surface area contributed by atoms with Gasteiger partial charge >= 0.3 is 5.97 Å². The Balaban J connectivity index is 1.94. The first kappa shape index (κ1) is 15.6. The van der Waals surface area contributed by atoms with Crippen molar-refractivity contribution in [1.82, 2.24) is 4.90 Å². The highest BCUT2D eigenvalue weighted by molar-refractivity contribution is 6.30. The van der Waals surface area contributed by atoms with Crippen LogP contribution in [0.15, 0.2) is 24.3 Å². The number of esters is 1. The third-order valence-electron chi connectivity index (χ3n) is 3.47. The molecule has 2 rings (SSSR count). The molecule has 1 heterocycles. The van der Waals surface area contributed by atoms with Crippen molar-refractivity contribution in [2.75, 3.05) is 20.3 Å². The fraction of sp³-hybridized carbons (Fsp3) is 0.467. The summed E-state index contributed by atoms with van der Waals surface area (Å²) in [4.78, 5) is 25.5. The van der Waals surface area contributed by atoms with Crippen LogP contribution in [-0.2, 0) is 14.3 Å². The lowest BCUT2D eigenvalue weighted by atomic mass is 10.0. The maximum absolute atomic E-state index is 12.2. The number of benzene rings is 1. The van der Waals surface area contributed by atoms with Crippen molar-refractivity contribution in [3.8, 4) is 5.75 Å². The van der Waals surface area contributed by atoms with E-state index < -0.39 is 6.04 Å². The van der Waals surface area contributed by atoms with Crippen molar-refractivity contribution in [2.24, 2.45) is 0 Å². The summed E-state index contributed by atoms with van der Waals surface area (Å²) < 4.78 is 10.2. The van der Waals surface area contributed by atoms with Crippen LogP contribution >= 0.6 is 11.6 Å². The van der Waals surface area contributed by atoms with Crippen LogP contribution < -0.4 is 4.74 Å². The summed E-state index contributed by atoms with van der Waals surface area (Å²) in [5.41, 5.74) is 0. The van der Waals surface area contributed by atoms with Crippen LogP contribution in [0, 0.1) is 0 Å². The average Bonchev–Trinajstić information content (AvgIpc) is 2.53. The number of likely N-dealkylation sites (tertiary alicyclic amines) is 1. The van der Waals surface area contributed by atoms with Crippen LogP contribution in [0.2, 0.25) is 5.02 Å². The van der Waals surface area contributed by atoms with Gasteiger partial charge in [-0.25, -0.2) is 4.79 Å². The second-order valence-electron chi connectivity index (χ2n) is 4.86. The maximum atomic E-state index is 12.2. The fourth-order valence-electron chi connectivity index (χ4n) is 2.37. The van der Waals surface area contributed by atoms with E-state index in [0.717, 1.165) is 12.8 Å². The molecule has 0 saturated carbocycles. The van der Waals surface area contributed by atoms with Crippen LogP contribution in [0.25, 0.3) is 0 Å². The van der Waals surface area contributed by atoms with Gasteiger partial charge in [0, 0.05) is 11.6 Å². The Bertz CT molecular complexity index is 503. The van der Waals surface area contributed by atoms with Crippen LogP contribution in [0.5, 0.6) is 5.75 Å². The summed E-state index contributed by atoms with van der Waals surface area (Å²) in [6, 6.07) is 6.29. The van der Waals surface area contributed by atoms with E-state index in [1.807, 2.05) is 0 Å². The van der Waals surface area contributed by atoms with E-state index in [2.05, 4.69) is 0 Å². The molecule has 0 radical (unpaired) electrons. The molecule has 0 bridgehead atoms. The number of ether oxygens (including phenoxy) is 2. The number of rotatable bonds is 4. The van der Waals surface area contributed by atoms with Crippen molar-refractivity contribution in [2.45, 2.75) is 25.3 Å². The van der Waals surface area contributed by atoms with E-state index >= 15 is 0 Å². The Kier molecular flexibility index (Phi) is 5.44. The van der Waals surface area contributed by atoms with Crippen LogP contribution in [0.3, 0.4) is 0 Å². The molecular weight excluding hydrogens is 294 g/mol. The van der Waals surface area contributed by atoms with Gasteiger partial charge in [0.1, 0.15) is 11.8 Å². The third kappa shape index (κ3) is 4.11. The molecule has 1 aromatic carbocycles. The third-order valence-corrected chi connectivity index (χ3v) is 3.72. The van der Waals surface area contributed by atoms with Crippen molar-refractivity contribution in [3.63, 3.8) is 0 Å². The van der Waals surface area contributed by atoms with Crippen LogP contribution in [0.4, 0.5) is 0 Å². The molecule has 1 aliphatic heterocycles. The fourth-order valence-corrected chi connectivity index (χ4v) is 2.50. The molecule has 0 unspecified atom stereocenters. The number of hydrogen-bond donors (Lipinski definition) is 0. The largest absolute Gasteiger partial charge is 0.484 e. The highest BCUT2D eigenvalue weighted by Crippen LogP contribution is 2.19. The van der Waals surface area contributed by atoms with Gasteiger partial charge in [-0.3, -0.25) is 4.79 Å². The average molecular weight is 312 g/mol. The van der Waals surface area contributed by atoms with E-state index in [-0.39, 0.29) is 18.5 Å². The lowest BCUT2D eigenvalue weighted by Gasteiger charge is -2.33. The zero-order chi connectivity index (χ0) is 15.2. The Morgan fingerprint density at radius 2 is 2.00 bits per heavy atom. The summed E-state index contributed by atoms with van der Waals surface area (Å²) in [7, 11) is 1.34. The van der Waals surface area contributed by atoms with Gasteiger partial charge in [0.2, 0.25) is 0 Å². The van der Waals surface area contributed by atoms with Crippen LogP contribution in [-0.4, -0.2) is 43.1 Å². The molecule has 0 N–H and O–H groups in total. The monoisotopic (exact) mass is 311 g/mol. The number of piperidine rings is 1. The molecule has 1 aromatic rings. The molecule has 0 aromatic heterocycles. The summed E-state index contributed by atoms with van der Waals surface area (Å²) in [5, 5.41) is 0.607. The van der Waals surface area contributed by atoms with Crippen molar-refractivity contribution in [1.29, 1.82) is 0 Å². The maximum Gasteiger partial charge on any atom is 0.328 e. The van der Waals surface area contributed by atoms with E-state index in [9.17, 15) is 9.59 Å². The van der Waals surface area contributed by atoms with Crippen molar-refractivity contribution in [3.05, 3.63) is 29.3 Å². The van der Waals surface area contributed by atoms with Gasteiger partial charge in [-0.1, -0.05) is 11.6 Å². The van der Waals surface area contributed by atoms with E-state index in [0.29, 0.717) is 23.7 Å². The molecule has 21 heavy (non-hydrogen) atoms. The standard InChI is InChI=1S/C15H18ClNO4/c1-20-15(19)13-4-2-3-9-17(13)14(18)10-21-12-7-5-11(16)6-8-12/h5-8,13H,2-4,9-10H2,1H3/t13-/m1/s1. The molecule has 0 spiro atoms. The first-order valence-electron chi connectivity index (χ1n) is 6.87. The van der Waals surface area contributed by atoms with E-state index in [1.165, 1.54) is 7.11 Å². The predicted octanol–water partition coefficient (Wildman–Crippen LogP) is 2.27. The lowest BCUT2D eigenvalue weighted by Crippen LogP contribution is -2.50. The summed E-state index contributed by atoms with van der Waals surface area (Å²) >= 11 is 5.78. The second-order valence-corrected chi connectivity index (χ2v) is 5.30. The molecule has 114 valence electrons. The summed E-state index contributed by atoms with van der Waals surface area (Å²) in [5.74, 6) is -0.00558. The highest BCUT2D eigenvalue weighted by Gasteiger charge is 2.32. The number of halogens is 1. The Morgan fingerprint density at radius 3 is 2.67 bits per heavy atom. The molecular formula is C15H18ClNO4. The van der Waals surface area contributed by atoms with Gasteiger partial charge < -0.3 is 14.4 Å². The van der Waals surface area contributed by atoms with Gasteiger partial charge in [0.25, 0.3) is 5.91 Å². The molecule has 1 fully saturated rings. The SMILES string of the molecule is COC(=O)[C@H]1CCCCN1C(=O)COc1ccc(Cl)cc1. The normalized spacial score (nSPS) is 18.2. The second kappa shape index (κ2) is 7.31. The molecule has 0 aliphatic carbocycles. The van der Waals surface area contributed by atoms with Gasteiger partial charge in [0.05, 0.1) is 7.11 Å². The number of carbonyl (C=O) groups is 2. The predicted molar refractivity (Wildman–Crippen MR) is 78.3 cm³/mol. The first-order valence-corrected chi connectivity index (χ1v) is 7.25. The molecule has 6 heteroatoms. The van der Waals surface area contributed by atoms with Gasteiger partial charge in [-0.05, 0) is 43.5 Å². The van der Waals surface area contributed by atoms with Gasteiger partial charge in [0.15, 0.2) is 6.61 Å². The first-order chi connectivity index (χ1) is 10.1. The number of methoxy groups -OCH3 is 1. The van der Waals surface area contributed by atoms with Crippen LogP contribution in [0.1, 0.15) is 19.3 Å². The highest BCUT2D eigenvalue weighted by atomic mass is 35.5. The minimum absolute atomic E-state index is 0.102. The van der Waals surface area contributed by atoms with Gasteiger partial charge in [-0.2, -0.15) is 0 Å². The van der Waals surface area contributed by atoms with E-state index in [4.69, 9.17) is 21.1 Å². The number of carbonyl (C=O) groups excluding carboxylic acids is 2. The zero-order valence-electron chi connectivity index (χ0n) is 11.9. The quantitative estimate of drug-likeness (QED) is 0.801. The number of hydrogen-bond acceptors (Lipinski definition) is 4. The topological polar surface area (TPSA) is 55.8 Å². The van der Waals surface area contributed by atoms with Crippen molar-refractivity contribution < 1.29 is 19.1 Å². The molecule has 1 aliphatic rings. The van der Waals surface area contributed by atoms with Gasteiger partial charge in [-0.15, -0.1) is 0 Å².